The number of primary amides is 1. The number of hydrogen-bond donors (Lipinski definition) is 2. The Hall–Kier alpha value is -4.10. The van der Waals surface area contributed by atoms with E-state index < -0.39 is 17.1 Å². The van der Waals surface area contributed by atoms with Gasteiger partial charge in [-0.1, -0.05) is 24.3 Å². The summed E-state index contributed by atoms with van der Waals surface area (Å²) < 4.78 is 5.51. The van der Waals surface area contributed by atoms with E-state index in [0.717, 1.165) is 36.8 Å². The summed E-state index contributed by atoms with van der Waals surface area (Å²) >= 11 is 0. The summed E-state index contributed by atoms with van der Waals surface area (Å²) in [6.45, 7) is 6.57. The highest BCUT2D eigenvalue weighted by Crippen LogP contribution is 2.45. The van der Waals surface area contributed by atoms with E-state index in [-0.39, 0.29) is 23.4 Å². The first-order valence-electron chi connectivity index (χ1n) is 12.8. The molecule has 1 aromatic carbocycles. The third-order valence-corrected chi connectivity index (χ3v) is 6.70. The van der Waals surface area contributed by atoms with Gasteiger partial charge in [0.1, 0.15) is 11.1 Å². The van der Waals surface area contributed by atoms with Crippen molar-refractivity contribution in [3.8, 4) is 17.3 Å². The summed E-state index contributed by atoms with van der Waals surface area (Å²) in [5, 5.41) is 10.4. The standard InChI is InChI=1S/C28H30N6O4/c1-27(2,3)38-26(36)34-12-4-5-17(15-34)14-30-25-23-22(31-16-32-25)20(24(29)35)13-21(33-23)18-6-8-19(9-7-18)28(37)10-11-28/h6-9,13,16-17,37H,4-5,10-12,15H2,1-3H3,(H-,29,35)/p+1. The number of ether oxygens (including phenoxy) is 1. The van der Waals surface area contributed by atoms with Crippen LogP contribution in [0.4, 0.5) is 10.6 Å². The fraction of sp³-hybridized carbons (Fsp3) is 0.429. The molecule has 196 valence electrons. The third-order valence-electron chi connectivity index (χ3n) is 6.70. The number of fused-ring (bicyclic) bond motifs is 1. The lowest BCUT2D eigenvalue weighted by molar-refractivity contribution is 0.0190. The molecule has 0 bridgehead atoms. The predicted molar refractivity (Wildman–Crippen MR) is 142 cm³/mol. The summed E-state index contributed by atoms with van der Waals surface area (Å²) in [6.07, 6.45) is 4.08. The molecule has 38 heavy (non-hydrogen) atoms. The molecule has 1 aliphatic carbocycles. The third kappa shape index (κ3) is 5.43. The minimum atomic E-state index is -0.739. The summed E-state index contributed by atoms with van der Waals surface area (Å²) in [5.74, 6) is -0.487. The maximum absolute atomic E-state index is 12.5. The highest BCUT2D eigenvalue weighted by molar-refractivity contribution is 6.07. The summed E-state index contributed by atoms with van der Waals surface area (Å²) in [7, 11) is 0. The number of carbonyl (C=O) groups is 2. The van der Waals surface area contributed by atoms with Crippen LogP contribution in [0.25, 0.3) is 27.1 Å². The van der Waals surface area contributed by atoms with Gasteiger partial charge in [0.2, 0.25) is 11.8 Å². The van der Waals surface area contributed by atoms with Gasteiger partial charge >= 0.3 is 11.9 Å². The molecule has 0 spiro atoms. The summed E-state index contributed by atoms with van der Waals surface area (Å²) in [6, 6.07) is 12.2. The Morgan fingerprint density at radius 1 is 1.18 bits per heavy atom. The maximum atomic E-state index is 12.5. The van der Waals surface area contributed by atoms with Crippen molar-refractivity contribution in [1.29, 1.82) is 0 Å². The number of aliphatic hydroxyl groups is 1. The van der Waals surface area contributed by atoms with Crippen molar-refractivity contribution in [2.24, 2.45) is 11.7 Å². The van der Waals surface area contributed by atoms with Crippen LogP contribution in [0.3, 0.4) is 0 Å². The van der Waals surface area contributed by atoms with E-state index in [2.05, 4.69) is 20.9 Å². The minimum Gasteiger partial charge on any atom is -0.444 e. The fourth-order valence-electron chi connectivity index (χ4n) is 4.53. The Morgan fingerprint density at radius 3 is 2.58 bits per heavy atom. The van der Waals surface area contributed by atoms with Crippen molar-refractivity contribution >= 4 is 28.9 Å². The van der Waals surface area contributed by atoms with E-state index in [1.54, 1.807) is 11.0 Å². The van der Waals surface area contributed by atoms with Crippen LogP contribution >= 0.6 is 0 Å². The van der Waals surface area contributed by atoms with Gasteiger partial charge in [0.15, 0.2) is 6.07 Å². The van der Waals surface area contributed by atoms with E-state index >= 15 is 0 Å². The van der Waals surface area contributed by atoms with Gasteiger partial charge in [-0.05, 0) is 63.1 Å². The highest BCUT2D eigenvalue weighted by atomic mass is 16.6. The first-order valence-corrected chi connectivity index (χ1v) is 12.8. The molecule has 10 nitrogen and oxygen atoms in total. The molecule has 0 radical (unpaired) electrons. The molecule has 3 aromatic rings. The molecule has 1 saturated heterocycles. The largest absolute Gasteiger partial charge is 0.455 e. The van der Waals surface area contributed by atoms with Gasteiger partial charge in [-0.2, -0.15) is 4.85 Å². The number of hydrogen-bond acceptors (Lipinski definition) is 7. The lowest BCUT2D eigenvalue weighted by Gasteiger charge is -2.31. The zero-order chi connectivity index (χ0) is 27.1. The SMILES string of the molecule is CC(C)(C)OC(=O)N1CCCC(C#[N+]c2ncnc3c(C(N)=O)cc(-c4ccc(C5(O)CC5)cc4)nc23)C1. The van der Waals surface area contributed by atoms with Gasteiger partial charge in [-0.15, -0.1) is 0 Å². The number of nitrogens with two attached hydrogens (primary N) is 1. The Balaban J connectivity index is 1.46. The summed E-state index contributed by atoms with van der Waals surface area (Å²) in [4.78, 5) is 44.3. The van der Waals surface area contributed by atoms with Crippen molar-refractivity contribution in [3.63, 3.8) is 0 Å². The molecular weight excluding hydrogens is 484 g/mol. The summed E-state index contributed by atoms with van der Waals surface area (Å²) in [5.41, 5.74) is 7.35. The second kappa shape index (κ2) is 9.65. The average Bonchev–Trinajstić information content (AvgIpc) is 3.64. The Kier molecular flexibility index (Phi) is 6.49. The van der Waals surface area contributed by atoms with Crippen LogP contribution < -0.4 is 5.73 Å². The van der Waals surface area contributed by atoms with Gasteiger partial charge in [-0.25, -0.2) is 14.8 Å². The van der Waals surface area contributed by atoms with Gasteiger partial charge in [0.05, 0.1) is 22.8 Å². The monoisotopic (exact) mass is 515 g/mol. The molecule has 1 aliphatic heterocycles. The number of rotatable bonds is 3. The van der Waals surface area contributed by atoms with E-state index in [1.807, 2.05) is 45.0 Å². The van der Waals surface area contributed by atoms with Crippen LogP contribution in [0, 0.1) is 12.0 Å². The predicted octanol–water partition coefficient (Wildman–Crippen LogP) is 4.38. The van der Waals surface area contributed by atoms with Crippen molar-refractivity contribution in [2.75, 3.05) is 13.1 Å². The van der Waals surface area contributed by atoms with Gasteiger partial charge in [0, 0.05) is 18.7 Å². The topological polar surface area (TPSA) is 136 Å². The van der Waals surface area contributed by atoms with Crippen molar-refractivity contribution in [3.05, 3.63) is 52.6 Å². The molecule has 5 rings (SSSR count). The van der Waals surface area contributed by atoms with E-state index in [1.165, 1.54) is 6.33 Å². The van der Waals surface area contributed by atoms with Crippen LogP contribution in [0.5, 0.6) is 0 Å². The number of pyridine rings is 1. The zero-order valence-corrected chi connectivity index (χ0v) is 21.8. The minimum absolute atomic E-state index is 0.110. The first kappa shape index (κ1) is 25.5. The molecule has 1 unspecified atom stereocenters. The van der Waals surface area contributed by atoms with Crippen molar-refractivity contribution in [1.82, 2.24) is 19.9 Å². The molecule has 3 heterocycles. The van der Waals surface area contributed by atoms with Gasteiger partial charge in [-0.3, -0.25) is 4.79 Å². The normalized spacial score (nSPS) is 18.4. The lowest BCUT2D eigenvalue weighted by Crippen LogP contribution is -2.42. The molecule has 1 atom stereocenters. The zero-order valence-electron chi connectivity index (χ0n) is 21.8. The fourth-order valence-corrected chi connectivity index (χ4v) is 4.53. The number of benzene rings is 1. The smallest absolute Gasteiger partial charge is 0.444 e. The van der Waals surface area contributed by atoms with Crippen LogP contribution in [-0.4, -0.2) is 55.6 Å². The second-order valence-electron chi connectivity index (χ2n) is 10.9. The number of amides is 2. The molecule has 3 N–H and O–H groups in total. The first-order chi connectivity index (χ1) is 18.0. The maximum Gasteiger partial charge on any atom is 0.455 e. The van der Waals surface area contributed by atoms with Crippen LogP contribution in [-0.2, 0) is 10.3 Å². The molecule has 10 heteroatoms. The van der Waals surface area contributed by atoms with Crippen molar-refractivity contribution < 1.29 is 19.4 Å². The molecule has 1 saturated carbocycles. The van der Waals surface area contributed by atoms with Gasteiger partial charge in [0.25, 0.3) is 5.91 Å². The molecule has 2 fully saturated rings. The van der Waals surface area contributed by atoms with Gasteiger partial charge < -0.3 is 20.5 Å². The van der Waals surface area contributed by atoms with Crippen LogP contribution in [0.2, 0.25) is 0 Å². The van der Waals surface area contributed by atoms with E-state index in [4.69, 9.17) is 15.5 Å². The average molecular weight is 516 g/mol. The molecule has 2 aromatic heterocycles. The Morgan fingerprint density at radius 2 is 1.92 bits per heavy atom. The lowest BCUT2D eigenvalue weighted by atomic mass is 10.00. The molecule has 2 aliphatic rings. The number of likely N-dealkylation sites (tertiary alicyclic amines) is 1. The second-order valence-corrected chi connectivity index (χ2v) is 10.9. The molecular formula is C28H31N6O4+. The molecule has 2 amide bonds. The number of nitrogens with zero attached hydrogens (tertiary/aromatic N) is 5. The van der Waals surface area contributed by atoms with E-state index in [9.17, 15) is 14.7 Å². The quantitative estimate of drug-likeness (QED) is 0.528. The Labute approximate surface area is 220 Å². The van der Waals surface area contributed by atoms with E-state index in [0.29, 0.717) is 29.8 Å². The number of piperidine rings is 1. The highest BCUT2D eigenvalue weighted by Gasteiger charge is 2.41. The van der Waals surface area contributed by atoms with Crippen LogP contribution in [0.1, 0.15) is 62.4 Å². The number of carbonyl (C=O) groups excluding carboxylic acids is 2. The number of aromatic nitrogens is 3. The Bertz CT molecular complexity index is 1460. The van der Waals surface area contributed by atoms with Crippen LogP contribution in [0.15, 0.2) is 36.7 Å². The van der Waals surface area contributed by atoms with Crippen molar-refractivity contribution in [2.45, 2.75) is 57.7 Å².